The molecule has 2 aromatic rings. The maximum absolute atomic E-state index is 10.4. The van der Waals surface area contributed by atoms with Crippen molar-refractivity contribution in [3.05, 3.63) is 59.9 Å². The van der Waals surface area contributed by atoms with Crippen molar-refractivity contribution >= 4 is 0 Å². The number of rotatable bonds is 5. The van der Waals surface area contributed by atoms with E-state index in [-0.39, 0.29) is 6.61 Å². The Kier molecular flexibility index (Phi) is 4.14. The number of hydrogen-bond donors (Lipinski definition) is 2. The largest absolute Gasteiger partial charge is 0.489 e. The summed E-state index contributed by atoms with van der Waals surface area (Å²) >= 11 is 0. The minimum absolute atomic E-state index is 0.167. The zero-order valence-corrected chi connectivity index (χ0v) is 10.9. The highest BCUT2D eigenvalue weighted by Crippen LogP contribution is 2.21. The fourth-order valence-electron chi connectivity index (χ4n) is 1.72. The third kappa shape index (κ3) is 3.53. The standard InChI is InChI=1S/C15H18N2O2/c1-15(18,12-5-3-2-4-6-12)11-19-14-8-7-13(9-16)17-10-14/h2-8,10,18H,9,11,16H2,1H3. The van der Waals surface area contributed by atoms with E-state index in [2.05, 4.69) is 4.98 Å². The predicted molar refractivity (Wildman–Crippen MR) is 73.6 cm³/mol. The Hall–Kier alpha value is -1.91. The number of nitrogens with zero attached hydrogens (tertiary/aromatic N) is 1. The minimum Gasteiger partial charge on any atom is -0.489 e. The molecule has 1 atom stereocenters. The molecule has 1 aromatic heterocycles. The lowest BCUT2D eigenvalue weighted by atomic mass is 9.97. The molecule has 0 aliphatic rings. The van der Waals surface area contributed by atoms with Crippen molar-refractivity contribution in [2.24, 2.45) is 5.73 Å². The lowest BCUT2D eigenvalue weighted by molar-refractivity contribution is 0.00748. The molecular weight excluding hydrogens is 240 g/mol. The first kappa shape index (κ1) is 13.5. The van der Waals surface area contributed by atoms with Crippen molar-refractivity contribution in [1.82, 2.24) is 4.98 Å². The highest BCUT2D eigenvalue weighted by molar-refractivity contribution is 5.23. The average Bonchev–Trinajstić information content (AvgIpc) is 2.47. The van der Waals surface area contributed by atoms with Crippen LogP contribution in [0.5, 0.6) is 5.75 Å². The number of aromatic nitrogens is 1. The van der Waals surface area contributed by atoms with E-state index >= 15 is 0 Å². The van der Waals surface area contributed by atoms with Gasteiger partial charge in [-0.25, -0.2) is 0 Å². The molecule has 2 rings (SSSR count). The van der Waals surface area contributed by atoms with Gasteiger partial charge in [0.1, 0.15) is 18.0 Å². The van der Waals surface area contributed by atoms with Gasteiger partial charge in [0.2, 0.25) is 0 Å². The molecule has 1 aromatic carbocycles. The van der Waals surface area contributed by atoms with E-state index in [4.69, 9.17) is 10.5 Å². The van der Waals surface area contributed by atoms with Crippen molar-refractivity contribution < 1.29 is 9.84 Å². The molecule has 0 radical (unpaired) electrons. The molecule has 4 nitrogen and oxygen atoms in total. The summed E-state index contributed by atoms with van der Waals surface area (Å²) in [5.41, 5.74) is 6.07. The summed E-state index contributed by atoms with van der Waals surface area (Å²) in [5, 5.41) is 10.4. The van der Waals surface area contributed by atoms with E-state index in [0.717, 1.165) is 11.3 Å². The van der Waals surface area contributed by atoms with Crippen LogP contribution in [0.1, 0.15) is 18.2 Å². The maximum atomic E-state index is 10.4. The summed E-state index contributed by atoms with van der Waals surface area (Å²) in [6.45, 7) is 2.30. The first-order valence-corrected chi connectivity index (χ1v) is 6.17. The van der Waals surface area contributed by atoms with Gasteiger partial charge in [-0.15, -0.1) is 0 Å². The summed E-state index contributed by atoms with van der Waals surface area (Å²) in [7, 11) is 0. The lowest BCUT2D eigenvalue weighted by Gasteiger charge is -2.23. The summed E-state index contributed by atoms with van der Waals surface area (Å²) in [6.07, 6.45) is 1.61. The van der Waals surface area contributed by atoms with Gasteiger partial charge < -0.3 is 15.6 Å². The Morgan fingerprint density at radius 1 is 1.21 bits per heavy atom. The van der Waals surface area contributed by atoms with Crippen LogP contribution < -0.4 is 10.5 Å². The molecule has 100 valence electrons. The van der Waals surface area contributed by atoms with Gasteiger partial charge in [0.25, 0.3) is 0 Å². The zero-order valence-electron chi connectivity index (χ0n) is 10.9. The quantitative estimate of drug-likeness (QED) is 0.858. The monoisotopic (exact) mass is 258 g/mol. The van der Waals surface area contributed by atoms with E-state index in [1.165, 1.54) is 0 Å². The van der Waals surface area contributed by atoms with Gasteiger partial charge in [0.05, 0.1) is 11.9 Å². The van der Waals surface area contributed by atoms with Crippen molar-refractivity contribution in [1.29, 1.82) is 0 Å². The van der Waals surface area contributed by atoms with E-state index in [1.54, 1.807) is 19.2 Å². The SMILES string of the molecule is CC(O)(COc1ccc(CN)nc1)c1ccccc1. The van der Waals surface area contributed by atoms with Crippen molar-refractivity contribution in [3.63, 3.8) is 0 Å². The Labute approximate surface area is 112 Å². The molecule has 4 heteroatoms. The van der Waals surface area contributed by atoms with Crippen LogP contribution in [0.2, 0.25) is 0 Å². The topological polar surface area (TPSA) is 68.4 Å². The molecule has 0 fully saturated rings. The minimum atomic E-state index is -1.03. The van der Waals surface area contributed by atoms with Crippen molar-refractivity contribution in [2.75, 3.05) is 6.61 Å². The van der Waals surface area contributed by atoms with Gasteiger partial charge in [-0.05, 0) is 24.6 Å². The third-order valence-electron chi connectivity index (χ3n) is 2.92. The van der Waals surface area contributed by atoms with Crippen LogP contribution in [0.15, 0.2) is 48.7 Å². The molecular formula is C15H18N2O2. The summed E-state index contributed by atoms with van der Waals surface area (Å²) in [5.74, 6) is 0.619. The Bertz CT molecular complexity index is 509. The van der Waals surface area contributed by atoms with Crippen LogP contribution >= 0.6 is 0 Å². The second-order valence-corrected chi connectivity index (χ2v) is 4.62. The van der Waals surface area contributed by atoms with Crippen LogP contribution in [0.3, 0.4) is 0 Å². The smallest absolute Gasteiger partial charge is 0.137 e. The van der Waals surface area contributed by atoms with Crippen molar-refractivity contribution in [3.8, 4) is 5.75 Å². The van der Waals surface area contributed by atoms with Crippen LogP contribution in [-0.2, 0) is 12.1 Å². The molecule has 0 saturated heterocycles. The molecule has 0 saturated carbocycles. The van der Waals surface area contributed by atoms with Gasteiger partial charge >= 0.3 is 0 Å². The number of ether oxygens (including phenoxy) is 1. The molecule has 0 aliphatic heterocycles. The molecule has 19 heavy (non-hydrogen) atoms. The zero-order chi connectivity index (χ0) is 13.7. The second-order valence-electron chi connectivity index (χ2n) is 4.62. The third-order valence-corrected chi connectivity index (χ3v) is 2.92. The normalized spacial score (nSPS) is 13.8. The highest BCUT2D eigenvalue weighted by Gasteiger charge is 2.23. The van der Waals surface area contributed by atoms with Crippen LogP contribution in [0, 0.1) is 0 Å². The molecule has 0 bridgehead atoms. The number of aliphatic hydroxyl groups is 1. The molecule has 1 unspecified atom stereocenters. The molecule has 0 aliphatic carbocycles. The maximum Gasteiger partial charge on any atom is 0.137 e. The van der Waals surface area contributed by atoms with E-state index in [0.29, 0.717) is 12.3 Å². The Morgan fingerprint density at radius 2 is 1.95 bits per heavy atom. The van der Waals surface area contributed by atoms with Crippen LogP contribution in [0.25, 0.3) is 0 Å². The summed E-state index contributed by atoms with van der Waals surface area (Å²) in [6, 6.07) is 13.1. The lowest BCUT2D eigenvalue weighted by Crippen LogP contribution is -2.29. The molecule has 0 amide bonds. The second kappa shape index (κ2) is 5.82. The fraction of sp³-hybridized carbons (Fsp3) is 0.267. The van der Waals surface area contributed by atoms with E-state index in [9.17, 15) is 5.11 Å². The summed E-state index contributed by atoms with van der Waals surface area (Å²) in [4.78, 5) is 4.14. The van der Waals surface area contributed by atoms with E-state index in [1.807, 2.05) is 36.4 Å². The van der Waals surface area contributed by atoms with Crippen molar-refractivity contribution in [2.45, 2.75) is 19.1 Å². The first-order valence-electron chi connectivity index (χ1n) is 6.17. The van der Waals surface area contributed by atoms with Crippen LogP contribution in [0.4, 0.5) is 0 Å². The van der Waals surface area contributed by atoms with Crippen LogP contribution in [-0.4, -0.2) is 16.7 Å². The fourth-order valence-corrected chi connectivity index (χ4v) is 1.72. The predicted octanol–water partition coefficient (Wildman–Crippen LogP) is 1.83. The number of benzene rings is 1. The van der Waals surface area contributed by atoms with Gasteiger partial charge in [-0.3, -0.25) is 4.98 Å². The molecule has 1 heterocycles. The Balaban J connectivity index is 2.01. The highest BCUT2D eigenvalue weighted by atomic mass is 16.5. The summed E-state index contributed by atoms with van der Waals surface area (Å²) < 4.78 is 5.57. The van der Waals surface area contributed by atoms with Gasteiger partial charge in [0.15, 0.2) is 0 Å². The molecule has 3 N–H and O–H groups in total. The molecule has 0 spiro atoms. The van der Waals surface area contributed by atoms with Gasteiger partial charge in [0, 0.05) is 6.54 Å². The number of pyridine rings is 1. The Morgan fingerprint density at radius 3 is 2.53 bits per heavy atom. The number of hydrogen-bond acceptors (Lipinski definition) is 4. The number of nitrogens with two attached hydrogens (primary N) is 1. The first-order chi connectivity index (χ1) is 9.12. The van der Waals surface area contributed by atoms with E-state index < -0.39 is 5.60 Å². The van der Waals surface area contributed by atoms with Gasteiger partial charge in [-0.1, -0.05) is 30.3 Å². The van der Waals surface area contributed by atoms with Gasteiger partial charge in [-0.2, -0.15) is 0 Å². The average molecular weight is 258 g/mol.